The van der Waals surface area contributed by atoms with Crippen LogP contribution in [0, 0.1) is 11.3 Å². The van der Waals surface area contributed by atoms with Crippen molar-refractivity contribution in [3.63, 3.8) is 0 Å². The molecule has 2 aromatic carbocycles. The fourth-order valence-corrected chi connectivity index (χ4v) is 3.93. The second-order valence-electron chi connectivity index (χ2n) is 7.17. The summed E-state index contributed by atoms with van der Waals surface area (Å²) in [6, 6.07) is 16.4. The Balaban J connectivity index is 2.06. The number of amides is 1. The molecule has 7 nitrogen and oxygen atoms in total. The second kappa shape index (κ2) is 8.05. The highest BCUT2D eigenvalue weighted by atomic mass is 32.2. The highest BCUT2D eigenvalue weighted by molar-refractivity contribution is 7.93. The Hall–Kier alpha value is -3.57. The monoisotopic (exact) mass is 422 g/mol. The van der Waals surface area contributed by atoms with Gasteiger partial charge in [-0.1, -0.05) is 42.5 Å². The first-order valence-corrected chi connectivity index (χ1v) is 10.8. The molecular formula is C22H22N4O3S. The smallest absolute Gasteiger partial charge is 0.266 e. The van der Waals surface area contributed by atoms with Crippen LogP contribution in [-0.4, -0.2) is 24.1 Å². The Morgan fingerprint density at radius 1 is 1.10 bits per heavy atom. The molecule has 8 heteroatoms. The number of rotatable bonds is 6. The van der Waals surface area contributed by atoms with E-state index >= 15 is 0 Å². The third-order valence-electron chi connectivity index (χ3n) is 4.82. The van der Waals surface area contributed by atoms with E-state index < -0.39 is 21.2 Å². The molecule has 3 aromatic rings. The van der Waals surface area contributed by atoms with Gasteiger partial charge in [0.1, 0.15) is 11.8 Å². The van der Waals surface area contributed by atoms with E-state index in [1.165, 1.54) is 0 Å². The zero-order valence-electron chi connectivity index (χ0n) is 16.9. The third-order valence-corrected chi connectivity index (χ3v) is 6.57. The Kier molecular flexibility index (Phi) is 5.67. The zero-order valence-corrected chi connectivity index (χ0v) is 17.7. The van der Waals surface area contributed by atoms with Crippen molar-refractivity contribution in [3.8, 4) is 28.3 Å². The van der Waals surface area contributed by atoms with Gasteiger partial charge in [-0.2, -0.15) is 5.26 Å². The van der Waals surface area contributed by atoms with E-state index in [1.807, 2.05) is 24.3 Å². The van der Waals surface area contributed by atoms with E-state index in [2.05, 4.69) is 10.8 Å². The fraction of sp³-hybridized carbons (Fsp3) is 0.182. The van der Waals surface area contributed by atoms with Gasteiger partial charge in [0, 0.05) is 24.4 Å². The van der Waals surface area contributed by atoms with Crippen LogP contribution in [0.4, 0.5) is 5.69 Å². The van der Waals surface area contributed by atoms with Crippen LogP contribution in [-0.2, 0) is 17.1 Å². The van der Waals surface area contributed by atoms with Gasteiger partial charge in [0.25, 0.3) is 5.91 Å². The van der Waals surface area contributed by atoms with Crippen molar-refractivity contribution in [2.75, 3.05) is 4.72 Å². The van der Waals surface area contributed by atoms with Gasteiger partial charge in [0.2, 0.25) is 10.0 Å². The van der Waals surface area contributed by atoms with Crippen molar-refractivity contribution in [1.29, 1.82) is 5.26 Å². The molecule has 1 aromatic heterocycles. The van der Waals surface area contributed by atoms with Crippen molar-refractivity contribution < 1.29 is 13.2 Å². The summed E-state index contributed by atoms with van der Waals surface area (Å²) in [6.07, 6.45) is 1.57. The van der Waals surface area contributed by atoms with E-state index in [-0.39, 0.29) is 5.69 Å². The SMILES string of the molecule is CC(C)S(=O)(=O)Nc1ccccc1-c1ccc(-c2c(C#N)cn(C)c2C(N)=O)cc1. The number of nitriles is 1. The average molecular weight is 423 g/mol. The van der Waals surface area contributed by atoms with Crippen molar-refractivity contribution in [1.82, 2.24) is 4.57 Å². The molecule has 0 aliphatic heterocycles. The van der Waals surface area contributed by atoms with Crippen LogP contribution in [0.3, 0.4) is 0 Å². The second-order valence-corrected chi connectivity index (χ2v) is 9.41. The lowest BCUT2D eigenvalue weighted by Crippen LogP contribution is -2.22. The summed E-state index contributed by atoms with van der Waals surface area (Å²) in [5.74, 6) is -0.619. The minimum atomic E-state index is -3.49. The van der Waals surface area contributed by atoms with Crippen molar-refractivity contribution >= 4 is 21.6 Å². The number of nitrogens with one attached hydrogen (secondary N) is 1. The van der Waals surface area contributed by atoms with Crippen molar-refractivity contribution in [3.05, 3.63) is 66.0 Å². The number of aromatic nitrogens is 1. The Morgan fingerprint density at radius 3 is 2.27 bits per heavy atom. The minimum absolute atomic E-state index is 0.254. The molecule has 0 atom stereocenters. The maximum atomic E-state index is 12.3. The molecule has 0 aliphatic rings. The molecule has 0 saturated carbocycles. The molecule has 3 N–H and O–H groups in total. The van der Waals surface area contributed by atoms with Crippen molar-refractivity contribution in [2.45, 2.75) is 19.1 Å². The maximum Gasteiger partial charge on any atom is 0.266 e. The average Bonchev–Trinajstić information content (AvgIpc) is 3.04. The van der Waals surface area contributed by atoms with Gasteiger partial charge < -0.3 is 10.3 Å². The molecule has 0 fully saturated rings. The van der Waals surface area contributed by atoms with E-state index in [0.717, 1.165) is 11.1 Å². The molecule has 0 spiro atoms. The third kappa shape index (κ3) is 3.93. The lowest BCUT2D eigenvalue weighted by Gasteiger charge is -2.15. The lowest BCUT2D eigenvalue weighted by atomic mass is 9.97. The van der Waals surface area contributed by atoms with Crippen LogP contribution >= 0.6 is 0 Å². The molecule has 3 rings (SSSR count). The zero-order chi connectivity index (χ0) is 22.1. The molecular weight excluding hydrogens is 400 g/mol. The first-order valence-electron chi connectivity index (χ1n) is 9.26. The van der Waals surface area contributed by atoms with E-state index in [9.17, 15) is 18.5 Å². The highest BCUT2D eigenvalue weighted by Gasteiger charge is 2.21. The van der Waals surface area contributed by atoms with Gasteiger partial charge in [-0.05, 0) is 31.0 Å². The number of anilines is 1. The standard InChI is InChI=1S/C22H22N4O3S/c1-14(2)30(28,29)25-19-7-5-4-6-18(19)15-8-10-16(11-9-15)20-17(12-23)13-26(3)21(20)22(24)27/h4-11,13-14,25H,1-3H3,(H2,24,27). The summed E-state index contributed by atoms with van der Waals surface area (Å²) >= 11 is 0. The quantitative estimate of drug-likeness (QED) is 0.632. The number of hydrogen-bond donors (Lipinski definition) is 2. The summed E-state index contributed by atoms with van der Waals surface area (Å²) in [6.45, 7) is 3.23. The number of nitrogens with zero attached hydrogens (tertiary/aromatic N) is 2. The van der Waals surface area contributed by atoms with Crippen molar-refractivity contribution in [2.24, 2.45) is 12.8 Å². The predicted molar refractivity (Wildman–Crippen MR) is 117 cm³/mol. The Labute approximate surface area is 175 Å². The van der Waals surface area contributed by atoms with Crippen LogP contribution in [0.2, 0.25) is 0 Å². The fourth-order valence-electron chi connectivity index (χ4n) is 3.21. The van der Waals surface area contributed by atoms with Gasteiger partial charge in [-0.25, -0.2) is 8.42 Å². The van der Waals surface area contributed by atoms with E-state index in [4.69, 9.17) is 5.73 Å². The number of aryl methyl sites for hydroxylation is 1. The summed E-state index contributed by atoms with van der Waals surface area (Å²) in [5, 5.41) is 8.87. The summed E-state index contributed by atoms with van der Waals surface area (Å²) in [5.41, 5.74) is 9.25. The van der Waals surface area contributed by atoms with Crippen LogP contribution in [0.5, 0.6) is 0 Å². The van der Waals surface area contributed by atoms with Crippen LogP contribution in [0.1, 0.15) is 29.9 Å². The molecule has 0 saturated heterocycles. The topological polar surface area (TPSA) is 118 Å². The maximum absolute atomic E-state index is 12.3. The summed E-state index contributed by atoms with van der Waals surface area (Å²) < 4.78 is 28.8. The number of carbonyl (C=O) groups is 1. The Morgan fingerprint density at radius 2 is 1.70 bits per heavy atom. The van der Waals surface area contributed by atoms with Crippen LogP contribution < -0.4 is 10.5 Å². The highest BCUT2D eigenvalue weighted by Crippen LogP contribution is 2.33. The first-order chi connectivity index (χ1) is 14.2. The van der Waals surface area contributed by atoms with E-state index in [1.54, 1.807) is 55.9 Å². The molecule has 1 heterocycles. The normalized spacial score (nSPS) is 11.3. The molecule has 0 bridgehead atoms. The number of carbonyl (C=O) groups excluding carboxylic acids is 1. The van der Waals surface area contributed by atoms with Gasteiger partial charge in [0.05, 0.1) is 16.5 Å². The number of hydrogen-bond acceptors (Lipinski definition) is 4. The van der Waals surface area contributed by atoms with Gasteiger partial charge in [0.15, 0.2) is 0 Å². The van der Waals surface area contributed by atoms with Gasteiger partial charge in [-0.3, -0.25) is 9.52 Å². The molecule has 30 heavy (non-hydrogen) atoms. The number of primary amides is 1. The molecule has 1 amide bonds. The summed E-state index contributed by atoms with van der Waals surface area (Å²) in [7, 11) is -1.83. The number of benzene rings is 2. The predicted octanol–water partition coefficient (Wildman–Crippen LogP) is 3.48. The molecule has 154 valence electrons. The largest absolute Gasteiger partial charge is 0.364 e. The van der Waals surface area contributed by atoms with Gasteiger partial charge in [-0.15, -0.1) is 0 Å². The first kappa shape index (κ1) is 21.1. The number of sulfonamides is 1. The number of nitrogens with two attached hydrogens (primary N) is 1. The molecule has 0 unspecified atom stereocenters. The van der Waals surface area contributed by atoms with E-state index in [0.29, 0.717) is 22.4 Å². The lowest BCUT2D eigenvalue weighted by molar-refractivity contribution is 0.0993. The Bertz CT molecular complexity index is 1250. The molecule has 0 aliphatic carbocycles. The van der Waals surface area contributed by atoms with Crippen LogP contribution in [0.25, 0.3) is 22.3 Å². The molecule has 0 radical (unpaired) electrons. The van der Waals surface area contributed by atoms with Crippen LogP contribution in [0.15, 0.2) is 54.7 Å². The summed E-state index contributed by atoms with van der Waals surface area (Å²) in [4.78, 5) is 11.9. The number of para-hydroxylation sites is 1. The van der Waals surface area contributed by atoms with Gasteiger partial charge >= 0.3 is 0 Å². The minimum Gasteiger partial charge on any atom is -0.364 e.